The zero-order valence-electron chi connectivity index (χ0n) is 10.8. The quantitative estimate of drug-likeness (QED) is 0.739. The molecule has 0 bridgehead atoms. The first kappa shape index (κ1) is 12.9. The molecule has 1 fully saturated rings. The van der Waals surface area contributed by atoms with E-state index in [-0.39, 0.29) is 5.54 Å². The van der Waals surface area contributed by atoms with Crippen LogP contribution in [-0.2, 0) is 0 Å². The van der Waals surface area contributed by atoms with E-state index in [4.69, 9.17) is 5.73 Å². The molecule has 0 aromatic heterocycles. The van der Waals surface area contributed by atoms with Crippen LogP contribution < -0.4 is 5.73 Å². The Bertz CT molecular complexity index is 195. The predicted molar refractivity (Wildman–Crippen MR) is 66.0 cm³/mol. The standard InChI is InChI=1S/C12H27N3/c1-5-11(2)8-15(4)12(9-13)6-7-14(3)10-12/h11H,5-10,13H2,1-4H3. The van der Waals surface area contributed by atoms with Gasteiger partial charge >= 0.3 is 0 Å². The Kier molecular flexibility index (Phi) is 4.56. The molecule has 2 atom stereocenters. The minimum absolute atomic E-state index is 0.234. The Morgan fingerprint density at radius 3 is 2.60 bits per heavy atom. The van der Waals surface area contributed by atoms with Crippen molar-refractivity contribution in [2.24, 2.45) is 11.7 Å². The van der Waals surface area contributed by atoms with Gasteiger partial charge in [-0.1, -0.05) is 20.3 Å². The third-order valence-electron chi connectivity index (χ3n) is 4.00. The highest BCUT2D eigenvalue weighted by atomic mass is 15.3. The SMILES string of the molecule is CCC(C)CN(C)C1(CN)CCN(C)C1. The Balaban J connectivity index is 2.57. The van der Waals surface area contributed by atoms with Crippen LogP contribution in [0.2, 0.25) is 0 Å². The molecule has 1 rings (SSSR count). The summed E-state index contributed by atoms with van der Waals surface area (Å²) in [4.78, 5) is 4.88. The highest BCUT2D eigenvalue weighted by Gasteiger charge is 2.39. The topological polar surface area (TPSA) is 32.5 Å². The molecule has 3 heteroatoms. The third-order valence-corrected chi connectivity index (χ3v) is 4.00. The van der Waals surface area contributed by atoms with E-state index in [1.807, 2.05) is 0 Å². The number of nitrogens with two attached hydrogens (primary N) is 1. The van der Waals surface area contributed by atoms with Gasteiger partial charge in [0.05, 0.1) is 0 Å². The van der Waals surface area contributed by atoms with Gasteiger partial charge < -0.3 is 10.6 Å². The van der Waals surface area contributed by atoms with Crippen molar-refractivity contribution in [2.45, 2.75) is 32.2 Å². The van der Waals surface area contributed by atoms with Gasteiger partial charge in [0.1, 0.15) is 0 Å². The average molecular weight is 213 g/mol. The lowest BCUT2D eigenvalue weighted by atomic mass is 9.95. The summed E-state index contributed by atoms with van der Waals surface area (Å²) >= 11 is 0. The fourth-order valence-corrected chi connectivity index (χ4v) is 2.48. The van der Waals surface area contributed by atoms with Crippen LogP contribution in [0.1, 0.15) is 26.7 Å². The number of likely N-dealkylation sites (tertiary alicyclic amines) is 1. The molecule has 2 unspecified atom stereocenters. The lowest BCUT2D eigenvalue weighted by molar-refractivity contribution is 0.115. The second kappa shape index (κ2) is 5.28. The molecule has 1 aliphatic heterocycles. The Hall–Kier alpha value is -0.120. The van der Waals surface area contributed by atoms with Crippen molar-refractivity contribution in [3.8, 4) is 0 Å². The maximum absolute atomic E-state index is 5.98. The molecule has 0 saturated carbocycles. The largest absolute Gasteiger partial charge is 0.329 e. The second-order valence-corrected chi connectivity index (χ2v) is 5.31. The summed E-state index contributed by atoms with van der Waals surface area (Å²) in [7, 11) is 4.42. The van der Waals surface area contributed by atoms with Crippen LogP contribution in [0, 0.1) is 5.92 Å². The molecular weight excluding hydrogens is 186 g/mol. The molecule has 0 radical (unpaired) electrons. The van der Waals surface area contributed by atoms with Crippen LogP contribution in [0.4, 0.5) is 0 Å². The highest BCUT2D eigenvalue weighted by Crippen LogP contribution is 2.26. The summed E-state index contributed by atoms with van der Waals surface area (Å²) < 4.78 is 0. The van der Waals surface area contributed by atoms with Crippen molar-refractivity contribution in [1.29, 1.82) is 0 Å². The lowest BCUT2D eigenvalue weighted by Crippen LogP contribution is -2.54. The summed E-state index contributed by atoms with van der Waals surface area (Å²) in [5.74, 6) is 0.768. The maximum atomic E-state index is 5.98. The summed E-state index contributed by atoms with van der Waals surface area (Å²) in [5, 5.41) is 0. The van der Waals surface area contributed by atoms with E-state index >= 15 is 0 Å². The van der Waals surface area contributed by atoms with Gasteiger partial charge in [0.2, 0.25) is 0 Å². The first-order valence-electron chi connectivity index (χ1n) is 6.14. The fourth-order valence-electron chi connectivity index (χ4n) is 2.48. The molecule has 0 amide bonds. The molecule has 0 aromatic carbocycles. The van der Waals surface area contributed by atoms with Gasteiger partial charge in [-0.3, -0.25) is 4.90 Å². The fraction of sp³-hybridized carbons (Fsp3) is 1.00. The summed E-state index contributed by atoms with van der Waals surface area (Å²) in [5.41, 5.74) is 6.22. The molecular formula is C12H27N3. The maximum Gasteiger partial charge on any atom is 0.0467 e. The monoisotopic (exact) mass is 213 g/mol. The summed E-state index contributed by atoms with van der Waals surface area (Å²) in [6.07, 6.45) is 2.47. The van der Waals surface area contributed by atoms with Crippen molar-refractivity contribution in [2.75, 3.05) is 40.3 Å². The molecule has 0 aliphatic carbocycles. The predicted octanol–water partition coefficient (Wildman–Crippen LogP) is 0.997. The zero-order chi connectivity index (χ0) is 11.5. The van der Waals surface area contributed by atoms with Crippen LogP contribution in [-0.4, -0.2) is 55.6 Å². The molecule has 15 heavy (non-hydrogen) atoms. The molecule has 0 spiro atoms. The van der Waals surface area contributed by atoms with Crippen molar-refractivity contribution in [3.05, 3.63) is 0 Å². The number of nitrogens with zero attached hydrogens (tertiary/aromatic N) is 2. The van der Waals surface area contributed by atoms with Gasteiger partial charge in [-0.15, -0.1) is 0 Å². The molecule has 1 heterocycles. The normalized spacial score (nSPS) is 30.0. The zero-order valence-corrected chi connectivity index (χ0v) is 10.8. The van der Waals surface area contributed by atoms with Crippen LogP contribution in [0.3, 0.4) is 0 Å². The van der Waals surface area contributed by atoms with Crippen LogP contribution in [0.25, 0.3) is 0 Å². The Morgan fingerprint density at radius 1 is 1.53 bits per heavy atom. The number of rotatable bonds is 5. The van der Waals surface area contributed by atoms with E-state index in [9.17, 15) is 0 Å². The number of likely N-dealkylation sites (N-methyl/N-ethyl adjacent to an activating group) is 2. The smallest absolute Gasteiger partial charge is 0.0467 e. The van der Waals surface area contributed by atoms with Gasteiger partial charge in [0.25, 0.3) is 0 Å². The van der Waals surface area contributed by atoms with Crippen LogP contribution >= 0.6 is 0 Å². The molecule has 2 N–H and O–H groups in total. The first-order chi connectivity index (χ1) is 7.04. The Labute approximate surface area is 94.6 Å². The average Bonchev–Trinajstić information content (AvgIpc) is 2.61. The number of hydrogen-bond acceptors (Lipinski definition) is 3. The van der Waals surface area contributed by atoms with Crippen LogP contribution in [0.5, 0.6) is 0 Å². The van der Waals surface area contributed by atoms with Gasteiger partial charge in [-0.25, -0.2) is 0 Å². The minimum atomic E-state index is 0.234. The number of hydrogen-bond donors (Lipinski definition) is 1. The first-order valence-corrected chi connectivity index (χ1v) is 6.14. The molecule has 1 saturated heterocycles. The van der Waals surface area contributed by atoms with E-state index in [2.05, 4.69) is 37.7 Å². The molecule has 1 aliphatic rings. The molecule has 3 nitrogen and oxygen atoms in total. The summed E-state index contributed by atoms with van der Waals surface area (Å²) in [6.45, 7) is 8.83. The van der Waals surface area contributed by atoms with E-state index in [0.717, 1.165) is 19.0 Å². The Morgan fingerprint density at radius 2 is 2.20 bits per heavy atom. The van der Waals surface area contributed by atoms with E-state index in [1.165, 1.54) is 25.9 Å². The minimum Gasteiger partial charge on any atom is -0.329 e. The van der Waals surface area contributed by atoms with Crippen molar-refractivity contribution >= 4 is 0 Å². The van der Waals surface area contributed by atoms with Gasteiger partial charge in [-0.2, -0.15) is 0 Å². The van der Waals surface area contributed by atoms with E-state index < -0.39 is 0 Å². The summed E-state index contributed by atoms with van der Waals surface area (Å²) in [6, 6.07) is 0. The van der Waals surface area contributed by atoms with Crippen molar-refractivity contribution < 1.29 is 0 Å². The van der Waals surface area contributed by atoms with E-state index in [0.29, 0.717) is 0 Å². The van der Waals surface area contributed by atoms with Crippen molar-refractivity contribution in [3.63, 3.8) is 0 Å². The third kappa shape index (κ3) is 2.92. The molecule has 0 aromatic rings. The van der Waals surface area contributed by atoms with Crippen molar-refractivity contribution in [1.82, 2.24) is 9.80 Å². The van der Waals surface area contributed by atoms with Crippen LogP contribution in [0.15, 0.2) is 0 Å². The second-order valence-electron chi connectivity index (χ2n) is 5.31. The lowest BCUT2D eigenvalue weighted by Gasteiger charge is -2.39. The van der Waals surface area contributed by atoms with E-state index in [1.54, 1.807) is 0 Å². The van der Waals surface area contributed by atoms with Gasteiger partial charge in [0.15, 0.2) is 0 Å². The van der Waals surface area contributed by atoms with Gasteiger partial charge in [-0.05, 0) is 33.0 Å². The highest BCUT2D eigenvalue weighted by molar-refractivity contribution is 4.98. The van der Waals surface area contributed by atoms with Gasteiger partial charge in [0, 0.05) is 25.2 Å². The molecule has 90 valence electrons.